The molecule has 1 aromatic carbocycles. The van der Waals surface area contributed by atoms with Crippen LogP contribution >= 0.6 is 0 Å². The summed E-state index contributed by atoms with van der Waals surface area (Å²) in [6.45, 7) is 11.3. The lowest BCUT2D eigenvalue weighted by Crippen LogP contribution is -2.26. The third-order valence-electron chi connectivity index (χ3n) is 4.70. The highest BCUT2D eigenvalue weighted by molar-refractivity contribution is 5.78. The normalized spacial score (nSPS) is 20.6. The standard InChI is InChI=1S/C18H27NO/c1-14-12-17(8-7-15(14)13-20)19-10-5-6-16(9-11-19)18(2,3)4/h7-8,12-13,16H,5-6,9-11H2,1-4H3. The minimum atomic E-state index is 0.410. The van der Waals surface area contributed by atoms with E-state index in [2.05, 4.69) is 37.8 Å². The van der Waals surface area contributed by atoms with Gasteiger partial charge in [0.05, 0.1) is 0 Å². The Labute approximate surface area is 123 Å². The van der Waals surface area contributed by atoms with Gasteiger partial charge in [-0.05, 0) is 61.3 Å². The van der Waals surface area contributed by atoms with Crippen LogP contribution < -0.4 is 4.90 Å². The molecule has 0 aromatic heterocycles. The molecule has 110 valence electrons. The van der Waals surface area contributed by atoms with Crippen LogP contribution in [0.3, 0.4) is 0 Å². The number of anilines is 1. The zero-order valence-corrected chi connectivity index (χ0v) is 13.3. The molecule has 0 N–H and O–H groups in total. The van der Waals surface area contributed by atoms with Gasteiger partial charge < -0.3 is 4.90 Å². The second kappa shape index (κ2) is 5.99. The molecule has 1 saturated heterocycles. The van der Waals surface area contributed by atoms with Crippen molar-refractivity contribution in [3.8, 4) is 0 Å². The van der Waals surface area contributed by atoms with Crippen LogP contribution in [0.15, 0.2) is 18.2 Å². The molecule has 0 spiro atoms. The highest BCUT2D eigenvalue weighted by Crippen LogP contribution is 2.35. The van der Waals surface area contributed by atoms with E-state index in [1.165, 1.54) is 24.9 Å². The fraction of sp³-hybridized carbons (Fsp3) is 0.611. The van der Waals surface area contributed by atoms with E-state index in [0.717, 1.165) is 36.4 Å². The molecule has 0 saturated carbocycles. The van der Waals surface area contributed by atoms with E-state index in [0.29, 0.717) is 5.41 Å². The van der Waals surface area contributed by atoms with Crippen LogP contribution in [-0.2, 0) is 0 Å². The van der Waals surface area contributed by atoms with Crippen molar-refractivity contribution in [1.29, 1.82) is 0 Å². The summed E-state index contributed by atoms with van der Waals surface area (Å²) in [5.74, 6) is 0.808. The number of hydrogen-bond acceptors (Lipinski definition) is 2. The van der Waals surface area contributed by atoms with E-state index in [1.807, 2.05) is 13.0 Å². The van der Waals surface area contributed by atoms with Gasteiger partial charge in [-0.3, -0.25) is 4.79 Å². The third kappa shape index (κ3) is 3.41. The maximum Gasteiger partial charge on any atom is 0.150 e. The average Bonchev–Trinajstić information content (AvgIpc) is 2.63. The molecule has 20 heavy (non-hydrogen) atoms. The molecule has 0 aliphatic carbocycles. The maximum absolute atomic E-state index is 10.9. The van der Waals surface area contributed by atoms with Crippen molar-refractivity contribution in [1.82, 2.24) is 0 Å². The van der Waals surface area contributed by atoms with Gasteiger partial charge in [0.1, 0.15) is 6.29 Å². The number of carbonyl (C=O) groups is 1. The molecule has 2 nitrogen and oxygen atoms in total. The first-order chi connectivity index (χ1) is 9.41. The van der Waals surface area contributed by atoms with Crippen molar-refractivity contribution in [3.05, 3.63) is 29.3 Å². The predicted octanol–water partition coefficient (Wildman–Crippen LogP) is 4.46. The van der Waals surface area contributed by atoms with Crippen LogP contribution in [0, 0.1) is 18.3 Å². The van der Waals surface area contributed by atoms with Crippen molar-refractivity contribution in [2.45, 2.75) is 47.0 Å². The second-order valence-corrected chi connectivity index (χ2v) is 7.14. The largest absolute Gasteiger partial charge is 0.372 e. The Hall–Kier alpha value is -1.31. The second-order valence-electron chi connectivity index (χ2n) is 7.14. The quantitative estimate of drug-likeness (QED) is 0.741. The summed E-state index contributed by atoms with van der Waals surface area (Å²) >= 11 is 0. The SMILES string of the molecule is Cc1cc(N2CCCC(C(C)(C)C)CC2)ccc1C=O. The molecule has 1 atom stereocenters. The Balaban J connectivity index is 2.11. The number of aldehydes is 1. The smallest absolute Gasteiger partial charge is 0.150 e. The molecule has 2 rings (SSSR count). The third-order valence-corrected chi connectivity index (χ3v) is 4.70. The molecule has 2 heteroatoms. The number of benzene rings is 1. The predicted molar refractivity (Wildman–Crippen MR) is 85.6 cm³/mol. The maximum atomic E-state index is 10.9. The lowest BCUT2D eigenvalue weighted by atomic mass is 9.77. The summed E-state index contributed by atoms with van der Waals surface area (Å²) in [4.78, 5) is 13.4. The molecule has 1 unspecified atom stereocenters. The fourth-order valence-corrected chi connectivity index (χ4v) is 3.21. The lowest BCUT2D eigenvalue weighted by molar-refractivity contribution is 0.112. The minimum Gasteiger partial charge on any atom is -0.372 e. The van der Waals surface area contributed by atoms with Crippen molar-refractivity contribution in [2.24, 2.45) is 11.3 Å². The summed E-state index contributed by atoms with van der Waals surface area (Å²) in [6, 6.07) is 6.19. The van der Waals surface area contributed by atoms with Gasteiger partial charge in [-0.15, -0.1) is 0 Å². The number of nitrogens with zero attached hydrogens (tertiary/aromatic N) is 1. The first kappa shape index (κ1) is 15.1. The van der Waals surface area contributed by atoms with Crippen LogP contribution in [-0.4, -0.2) is 19.4 Å². The molecule has 1 fully saturated rings. The van der Waals surface area contributed by atoms with Gasteiger partial charge >= 0.3 is 0 Å². The summed E-state index contributed by atoms with van der Waals surface area (Å²) in [6.07, 6.45) is 4.79. The first-order valence-electron chi connectivity index (χ1n) is 7.72. The monoisotopic (exact) mass is 273 g/mol. The van der Waals surface area contributed by atoms with Gasteiger partial charge in [-0.1, -0.05) is 20.8 Å². The Morgan fingerprint density at radius 3 is 2.55 bits per heavy atom. The lowest BCUT2D eigenvalue weighted by Gasteiger charge is -2.30. The zero-order valence-electron chi connectivity index (χ0n) is 13.3. The van der Waals surface area contributed by atoms with Gasteiger partial charge in [-0.25, -0.2) is 0 Å². The molecular weight excluding hydrogens is 246 g/mol. The van der Waals surface area contributed by atoms with Gasteiger partial charge in [0.25, 0.3) is 0 Å². The molecule has 0 amide bonds. The number of carbonyl (C=O) groups excluding carboxylic acids is 1. The topological polar surface area (TPSA) is 20.3 Å². The zero-order chi connectivity index (χ0) is 14.8. The van der Waals surface area contributed by atoms with Crippen molar-refractivity contribution < 1.29 is 4.79 Å². The van der Waals surface area contributed by atoms with Crippen molar-refractivity contribution >= 4 is 12.0 Å². The van der Waals surface area contributed by atoms with E-state index in [-0.39, 0.29) is 0 Å². The highest BCUT2D eigenvalue weighted by Gasteiger charge is 2.27. The van der Waals surface area contributed by atoms with Crippen LogP contribution in [0.2, 0.25) is 0 Å². The van der Waals surface area contributed by atoms with E-state index < -0.39 is 0 Å². The Kier molecular flexibility index (Phi) is 4.52. The van der Waals surface area contributed by atoms with Gasteiger partial charge in [-0.2, -0.15) is 0 Å². The molecule has 0 radical (unpaired) electrons. The Bertz CT molecular complexity index is 473. The first-order valence-corrected chi connectivity index (χ1v) is 7.72. The van der Waals surface area contributed by atoms with Crippen LogP contribution in [0.5, 0.6) is 0 Å². The molecular formula is C18H27NO. The van der Waals surface area contributed by atoms with Crippen LogP contribution in [0.4, 0.5) is 5.69 Å². The Morgan fingerprint density at radius 1 is 1.20 bits per heavy atom. The van der Waals surface area contributed by atoms with E-state index in [1.54, 1.807) is 0 Å². The van der Waals surface area contributed by atoms with Crippen LogP contribution in [0.25, 0.3) is 0 Å². The van der Waals surface area contributed by atoms with Crippen molar-refractivity contribution in [2.75, 3.05) is 18.0 Å². The van der Waals surface area contributed by atoms with Crippen LogP contribution in [0.1, 0.15) is 56.0 Å². The molecule has 1 aliphatic rings. The van der Waals surface area contributed by atoms with Crippen molar-refractivity contribution in [3.63, 3.8) is 0 Å². The summed E-state index contributed by atoms with van der Waals surface area (Å²) < 4.78 is 0. The van der Waals surface area contributed by atoms with Gasteiger partial charge in [0, 0.05) is 24.3 Å². The fourth-order valence-electron chi connectivity index (χ4n) is 3.21. The van der Waals surface area contributed by atoms with E-state index in [9.17, 15) is 4.79 Å². The molecule has 1 aromatic rings. The summed E-state index contributed by atoms with van der Waals surface area (Å²) in [7, 11) is 0. The minimum absolute atomic E-state index is 0.410. The average molecular weight is 273 g/mol. The molecule has 1 aliphatic heterocycles. The number of hydrogen-bond donors (Lipinski definition) is 0. The number of aryl methyl sites for hydroxylation is 1. The summed E-state index contributed by atoms with van der Waals surface area (Å²) in [5.41, 5.74) is 3.56. The molecule has 0 bridgehead atoms. The van der Waals surface area contributed by atoms with Gasteiger partial charge in [0.2, 0.25) is 0 Å². The van der Waals surface area contributed by atoms with Gasteiger partial charge in [0.15, 0.2) is 0 Å². The summed E-state index contributed by atoms with van der Waals surface area (Å²) in [5, 5.41) is 0. The van der Waals surface area contributed by atoms with E-state index >= 15 is 0 Å². The number of rotatable bonds is 2. The molecule has 1 heterocycles. The Morgan fingerprint density at radius 2 is 1.95 bits per heavy atom. The van der Waals surface area contributed by atoms with E-state index in [4.69, 9.17) is 0 Å². The highest BCUT2D eigenvalue weighted by atomic mass is 16.1.